The van der Waals surface area contributed by atoms with Gasteiger partial charge in [-0.25, -0.2) is 14.8 Å². The van der Waals surface area contributed by atoms with Gasteiger partial charge in [0.25, 0.3) is 0 Å². The summed E-state index contributed by atoms with van der Waals surface area (Å²) < 4.78 is 5.04. The van der Waals surface area contributed by atoms with E-state index in [1.165, 1.54) is 17.7 Å². The molecule has 0 radical (unpaired) electrons. The number of esters is 1. The molecule has 0 aliphatic rings. The van der Waals surface area contributed by atoms with Gasteiger partial charge >= 0.3 is 5.97 Å². The van der Waals surface area contributed by atoms with E-state index in [1.54, 1.807) is 6.92 Å². The van der Waals surface area contributed by atoms with E-state index in [9.17, 15) is 9.59 Å². The number of thiophene rings is 1. The quantitative estimate of drug-likeness (QED) is 0.626. The van der Waals surface area contributed by atoms with Gasteiger partial charge in [0.15, 0.2) is 5.82 Å². The Bertz CT molecular complexity index is 699. The lowest BCUT2D eigenvalue weighted by Crippen LogP contribution is -2.29. The zero-order chi connectivity index (χ0) is 16.1. The number of nitrogens with zero attached hydrogens (tertiary/aromatic N) is 2. The summed E-state index contributed by atoms with van der Waals surface area (Å²) in [5.41, 5.74) is 6.14. The first-order valence-corrected chi connectivity index (χ1v) is 7.86. The van der Waals surface area contributed by atoms with E-state index in [0.29, 0.717) is 33.9 Å². The van der Waals surface area contributed by atoms with Crippen molar-refractivity contribution in [2.75, 3.05) is 12.0 Å². The van der Waals surface area contributed by atoms with Gasteiger partial charge in [0.05, 0.1) is 12.0 Å². The minimum absolute atomic E-state index is 0.118. The monoisotopic (exact) mass is 322 g/mol. The summed E-state index contributed by atoms with van der Waals surface area (Å²) in [7, 11) is 0. The fourth-order valence-electron chi connectivity index (χ4n) is 1.98. The van der Waals surface area contributed by atoms with Crippen LogP contribution in [0.1, 0.15) is 41.9 Å². The highest BCUT2D eigenvalue weighted by Crippen LogP contribution is 2.33. The van der Waals surface area contributed by atoms with Crippen LogP contribution in [-0.4, -0.2) is 28.5 Å². The van der Waals surface area contributed by atoms with E-state index < -0.39 is 0 Å². The average Bonchev–Trinajstić information content (AvgIpc) is 2.84. The van der Waals surface area contributed by atoms with Crippen molar-refractivity contribution in [3.63, 3.8) is 0 Å². The van der Waals surface area contributed by atoms with E-state index in [-0.39, 0.29) is 11.9 Å². The molecule has 2 rings (SSSR count). The number of hydrazine groups is 1. The summed E-state index contributed by atoms with van der Waals surface area (Å²) in [5, 5.41) is 0.715. The van der Waals surface area contributed by atoms with E-state index >= 15 is 0 Å². The van der Waals surface area contributed by atoms with Gasteiger partial charge in [-0.1, -0.05) is 6.92 Å². The van der Waals surface area contributed by atoms with Gasteiger partial charge in [0.1, 0.15) is 16.0 Å². The Balaban J connectivity index is 2.32. The Labute approximate surface area is 132 Å². The molecule has 0 unspecified atom stereocenters. The van der Waals surface area contributed by atoms with Gasteiger partial charge in [-0.3, -0.25) is 15.6 Å². The molecule has 8 heteroatoms. The van der Waals surface area contributed by atoms with Crippen molar-refractivity contribution >= 4 is 39.2 Å². The molecule has 22 heavy (non-hydrogen) atoms. The van der Waals surface area contributed by atoms with Crippen LogP contribution < -0.4 is 10.9 Å². The van der Waals surface area contributed by atoms with Gasteiger partial charge in [-0.15, -0.1) is 11.3 Å². The van der Waals surface area contributed by atoms with E-state index in [2.05, 4.69) is 20.8 Å². The second kappa shape index (κ2) is 7.17. The van der Waals surface area contributed by atoms with E-state index in [1.807, 2.05) is 13.8 Å². The normalized spacial score (nSPS) is 10.5. The number of hydrogen-bond donors (Lipinski definition) is 2. The largest absolute Gasteiger partial charge is 0.462 e. The van der Waals surface area contributed by atoms with Gasteiger partial charge < -0.3 is 4.74 Å². The lowest BCUT2D eigenvalue weighted by molar-refractivity contribution is -0.120. The minimum Gasteiger partial charge on any atom is -0.462 e. The second-order valence-electron chi connectivity index (χ2n) is 4.60. The summed E-state index contributed by atoms with van der Waals surface area (Å²) in [6.07, 6.45) is 2.58. The summed E-state index contributed by atoms with van der Waals surface area (Å²) in [6.45, 7) is 5.82. The second-order valence-corrected chi connectivity index (χ2v) is 5.60. The van der Waals surface area contributed by atoms with Crippen molar-refractivity contribution in [3.05, 3.63) is 16.8 Å². The van der Waals surface area contributed by atoms with Crippen molar-refractivity contribution in [3.8, 4) is 0 Å². The van der Waals surface area contributed by atoms with Gasteiger partial charge in [-0.2, -0.15) is 0 Å². The molecule has 118 valence electrons. The molecule has 7 nitrogen and oxygen atoms in total. The van der Waals surface area contributed by atoms with Crippen LogP contribution in [0.3, 0.4) is 0 Å². The van der Waals surface area contributed by atoms with Crippen molar-refractivity contribution in [2.45, 2.75) is 33.6 Å². The summed E-state index contributed by atoms with van der Waals surface area (Å²) >= 11 is 1.25. The molecule has 0 aromatic carbocycles. The highest BCUT2D eigenvalue weighted by molar-refractivity contribution is 7.20. The van der Waals surface area contributed by atoms with Gasteiger partial charge in [0.2, 0.25) is 5.91 Å². The number of ether oxygens (including phenoxy) is 1. The van der Waals surface area contributed by atoms with Crippen LogP contribution in [0.4, 0.5) is 5.82 Å². The SMILES string of the molecule is CCCC(=O)NNc1ncnc2sc(C(=O)OCC)c(C)c12. The molecule has 0 aliphatic carbocycles. The Morgan fingerprint density at radius 1 is 1.32 bits per heavy atom. The Hall–Kier alpha value is -2.22. The van der Waals surface area contributed by atoms with Crippen molar-refractivity contribution < 1.29 is 14.3 Å². The molecule has 2 aromatic heterocycles. The molecule has 1 amide bonds. The Morgan fingerprint density at radius 2 is 2.09 bits per heavy atom. The summed E-state index contributed by atoms with van der Waals surface area (Å²) in [5.74, 6) is -0.0181. The van der Waals surface area contributed by atoms with E-state index in [4.69, 9.17) is 4.74 Å². The molecule has 0 saturated heterocycles. The molecular formula is C14H18N4O3S. The summed E-state index contributed by atoms with van der Waals surface area (Å²) in [6, 6.07) is 0. The number of carbonyl (C=O) groups excluding carboxylic acids is 2. The van der Waals surface area contributed by atoms with Crippen molar-refractivity contribution in [2.24, 2.45) is 0 Å². The molecule has 0 bridgehead atoms. The number of nitrogens with one attached hydrogen (secondary N) is 2. The molecule has 2 heterocycles. The fraction of sp³-hybridized carbons (Fsp3) is 0.429. The standard InChI is InChI=1S/C14H18N4O3S/c1-4-6-9(19)17-18-12-10-8(3)11(14(20)21-5-2)22-13(10)16-7-15-12/h7H,4-6H2,1-3H3,(H,17,19)(H,15,16,18). The maximum atomic E-state index is 11.9. The first-order valence-electron chi connectivity index (χ1n) is 7.04. The third-order valence-corrected chi connectivity index (χ3v) is 4.16. The maximum absolute atomic E-state index is 11.9. The van der Waals surface area contributed by atoms with Crippen molar-refractivity contribution in [1.82, 2.24) is 15.4 Å². The molecule has 0 spiro atoms. The molecule has 0 atom stereocenters. The number of hydrogen-bond acceptors (Lipinski definition) is 7. The number of carbonyl (C=O) groups is 2. The zero-order valence-corrected chi connectivity index (χ0v) is 13.5. The topological polar surface area (TPSA) is 93.2 Å². The zero-order valence-electron chi connectivity index (χ0n) is 12.7. The molecule has 0 saturated carbocycles. The van der Waals surface area contributed by atoms with Gasteiger partial charge in [-0.05, 0) is 25.8 Å². The van der Waals surface area contributed by atoms with Crippen molar-refractivity contribution in [1.29, 1.82) is 0 Å². The molecule has 2 aromatic rings. The Kier molecular flexibility index (Phi) is 5.26. The fourth-order valence-corrected chi connectivity index (χ4v) is 3.02. The average molecular weight is 322 g/mol. The minimum atomic E-state index is -0.371. The van der Waals surface area contributed by atoms with Crippen LogP contribution in [0.15, 0.2) is 6.33 Å². The van der Waals surface area contributed by atoms with E-state index in [0.717, 1.165) is 12.0 Å². The third-order valence-electron chi connectivity index (χ3n) is 2.99. The van der Waals surface area contributed by atoms with Crippen LogP contribution in [0.25, 0.3) is 10.2 Å². The molecule has 0 aliphatic heterocycles. The lowest BCUT2D eigenvalue weighted by atomic mass is 10.2. The third kappa shape index (κ3) is 3.33. The highest BCUT2D eigenvalue weighted by Gasteiger charge is 2.20. The smallest absolute Gasteiger partial charge is 0.348 e. The van der Waals surface area contributed by atoms with Gasteiger partial charge in [0, 0.05) is 6.42 Å². The van der Waals surface area contributed by atoms with Crippen LogP contribution in [-0.2, 0) is 9.53 Å². The first kappa shape index (κ1) is 16.2. The summed E-state index contributed by atoms with van der Waals surface area (Å²) in [4.78, 5) is 33.0. The molecule has 2 N–H and O–H groups in total. The molecule has 0 fully saturated rings. The Morgan fingerprint density at radius 3 is 2.77 bits per heavy atom. The number of rotatable bonds is 6. The first-order chi connectivity index (χ1) is 10.6. The molecular weight excluding hydrogens is 304 g/mol. The van der Waals surface area contributed by atoms with Crippen LogP contribution in [0.2, 0.25) is 0 Å². The number of aromatic nitrogens is 2. The maximum Gasteiger partial charge on any atom is 0.348 e. The number of amides is 1. The predicted octanol–water partition coefficient (Wildman–Crippen LogP) is 2.42. The van der Waals surface area contributed by atoms with Crippen LogP contribution in [0.5, 0.6) is 0 Å². The predicted molar refractivity (Wildman–Crippen MR) is 84.8 cm³/mol. The number of aryl methyl sites for hydroxylation is 1. The van der Waals surface area contributed by atoms with Crippen LogP contribution >= 0.6 is 11.3 Å². The number of fused-ring (bicyclic) bond motifs is 1. The van der Waals surface area contributed by atoms with Crippen LogP contribution in [0, 0.1) is 6.92 Å². The highest BCUT2D eigenvalue weighted by atomic mass is 32.1. The lowest BCUT2D eigenvalue weighted by Gasteiger charge is -2.08. The number of anilines is 1.